The summed E-state index contributed by atoms with van der Waals surface area (Å²) >= 11 is 16.5. The molecule has 0 saturated carbocycles. The average Bonchev–Trinajstić information content (AvgIpc) is 2.40. The summed E-state index contributed by atoms with van der Waals surface area (Å²) in [6.07, 6.45) is -5.50. The zero-order chi connectivity index (χ0) is 18.3. The number of carbonyl (C=O) groups excluding carboxylic acids is 2. The van der Waals surface area contributed by atoms with Crippen LogP contribution in [0.25, 0.3) is 0 Å². The summed E-state index contributed by atoms with van der Waals surface area (Å²) in [6.45, 7) is -1.69. The van der Waals surface area contributed by atoms with Crippen molar-refractivity contribution in [3.63, 3.8) is 0 Å². The lowest BCUT2D eigenvalue weighted by atomic mass is 10.3. The molecule has 0 saturated heterocycles. The number of anilines is 1. The largest absolute Gasteiger partial charge is 0.456 e. The van der Waals surface area contributed by atoms with Gasteiger partial charge in [0.25, 0.3) is 0 Å². The Morgan fingerprint density at radius 3 is 2.25 bits per heavy atom. The van der Waals surface area contributed by atoms with Crippen LogP contribution in [0.1, 0.15) is 12.8 Å². The van der Waals surface area contributed by atoms with Crippen LogP contribution in [0.3, 0.4) is 0 Å². The maximum Gasteiger partial charge on any atom is 0.422 e. The summed E-state index contributed by atoms with van der Waals surface area (Å²) < 4.78 is 39.5. The van der Waals surface area contributed by atoms with Gasteiger partial charge < -0.3 is 15.4 Å². The Labute approximate surface area is 150 Å². The number of alkyl halides is 3. The second-order valence-electron chi connectivity index (χ2n) is 4.44. The molecule has 1 rings (SSSR count). The predicted octanol–water partition coefficient (Wildman–Crippen LogP) is 3.69. The van der Waals surface area contributed by atoms with Crippen LogP contribution in [0, 0.1) is 0 Å². The number of thiocarbonyl (C=S) groups is 1. The number of hydrogen-bond acceptors (Lipinski definition) is 4. The van der Waals surface area contributed by atoms with Gasteiger partial charge in [0.1, 0.15) is 0 Å². The molecule has 0 aliphatic heterocycles. The third kappa shape index (κ3) is 8.90. The summed E-state index contributed by atoms with van der Waals surface area (Å²) in [4.78, 5) is 22.6. The molecule has 0 aliphatic carbocycles. The van der Waals surface area contributed by atoms with Crippen molar-refractivity contribution in [2.45, 2.75) is 19.0 Å². The van der Waals surface area contributed by atoms with Crippen molar-refractivity contribution in [1.29, 1.82) is 0 Å². The van der Waals surface area contributed by atoms with E-state index < -0.39 is 31.1 Å². The SMILES string of the molecule is O=C(CCC(=O)OCC(F)(F)F)NC(=S)Nc1cc(Cl)cc(Cl)c1. The minimum Gasteiger partial charge on any atom is -0.456 e. The second kappa shape index (κ2) is 9.05. The molecular weight excluding hydrogens is 392 g/mol. The number of amides is 1. The summed E-state index contributed by atoms with van der Waals surface area (Å²) in [6, 6.07) is 4.53. The van der Waals surface area contributed by atoms with Crippen LogP contribution >= 0.6 is 35.4 Å². The Morgan fingerprint density at radius 2 is 1.71 bits per heavy atom. The van der Waals surface area contributed by atoms with Crippen molar-refractivity contribution >= 4 is 58.1 Å². The van der Waals surface area contributed by atoms with Gasteiger partial charge in [0.05, 0.1) is 6.42 Å². The highest BCUT2D eigenvalue weighted by Gasteiger charge is 2.29. The number of ether oxygens (including phenoxy) is 1. The van der Waals surface area contributed by atoms with E-state index in [-0.39, 0.29) is 11.5 Å². The van der Waals surface area contributed by atoms with E-state index in [2.05, 4.69) is 15.4 Å². The van der Waals surface area contributed by atoms with Gasteiger partial charge in [-0.2, -0.15) is 13.2 Å². The molecule has 0 spiro atoms. The molecule has 11 heteroatoms. The lowest BCUT2D eigenvalue weighted by molar-refractivity contribution is -0.186. The van der Waals surface area contributed by atoms with Crippen molar-refractivity contribution in [3.05, 3.63) is 28.2 Å². The fourth-order valence-electron chi connectivity index (χ4n) is 1.43. The first-order chi connectivity index (χ1) is 11.0. The van der Waals surface area contributed by atoms with Crippen molar-refractivity contribution in [3.8, 4) is 0 Å². The minimum absolute atomic E-state index is 0.0815. The Hall–Kier alpha value is -1.58. The Morgan fingerprint density at radius 1 is 1.12 bits per heavy atom. The highest BCUT2D eigenvalue weighted by atomic mass is 35.5. The summed E-state index contributed by atoms with van der Waals surface area (Å²) in [5.41, 5.74) is 0.433. The number of halogens is 5. The second-order valence-corrected chi connectivity index (χ2v) is 5.72. The van der Waals surface area contributed by atoms with Gasteiger partial charge in [0.2, 0.25) is 5.91 Å². The fourth-order valence-corrected chi connectivity index (χ4v) is 2.19. The van der Waals surface area contributed by atoms with Crippen molar-refractivity contribution in [2.75, 3.05) is 11.9 Å². The van der Waals surface area contributed by atoms with Crippen molar-refractivity contribution in [1.82, 2.24) is 5.32 Å². The quantitative estimate of drug-likeness (QED) is 0.580. The zero-order valence-corrected chi connectivity index (χ0v) is 14.2. The molecular formula is C13H11Cl2F3N2O3S. The molecule has 0 fully saturated rings. The molecule has 24 heavy (non-hydrogen) atoms. The van der Waals surface area contributed by atoms with Gasteiger partial charge >= 0.3 is 12.1 Å². The smallest absolute Gasteiger partial charge is 0.422 e. The number of esters is 1. The normalized spacial score (nSPS) is 10.9. The molecule has 1 aromatic rings. The lowest BCUT2D eigenvalue weighted by Crippen LogP contribution is -2.34. The summed E-state index contributed by atoms with van der Waals surface area (Å²) in [5, 5.41) is 5.54. The minimum atomic E-state index is -4.61. The molecule has 0 heterocycles. The molecule has 0 radical (unpaired) electrons. The molecule has 0 bridgehead atoms. The van der Waals surface area contributed by atoms with Crippen molar-refractivity contribution < 1.29 is 27.5 Å². The predicted molar refractivity (Wildman–Crippen MR) is 87.1 cm³/mol. The highest BCUT2D eigenvalue weighted by molar-refractivity contribution is 7.80. The Balaban J connectivity index is 2.36. The van der Waals surface area contributed by atoms with Gasteiger partial charge in [0.15, 0.2) is 11.7 Å². The maximum atomic E-state index is 11.8. The molecule has 1 amide bonds. The number of benzene rings is 1. The lowest BCUT2D eigenvalue weighted by Gasteiger charge is -2.10. The molecule has 0 aliphatic rings. The zero-order valence-electron chi connectivity index (χ0n) is 11.9. The van der Waals surface area contributed by atoms with E-state index in [1.807, 2.05) is 0 Å². The molecule has 0 unspecified atom stereocenters. The van der Waals surface area contributed by atoms with Crippen LogP contribution in [0.4, 0.5) is 18.9 Å². The Bertz CT molecular complexity index is 621. The molecule has 0 aromatic heterocycles. The van der Waals surface area contributed by atoms with Crippen LogP contribution in [-0.2, 0) is 14.3 Å². The van der Waals surface area contributed by atoms with E-state index in [1.165, 1.54) is 18.2 Å². The topological polar surface area (TPSA) is 67.4 Å². The standard InChI is InChI=1S/C13H11Cl2F3N2O3S/c14-7-3-8(15)5-9(4-7)19-12(24)20-10(21)1-2-11(22)23-6-13(16,17)18/h3-5H,1-2,6H2,(H2,19,20,21,24). The number of hydrogen-bond donors (Lipinski definition) is 2. The van der Waals surface area contributed by atoms with Crippen LogP contribution in [0.2, 0.25) is 10.0 Å². The van der Waals surface area contributed by atoms with Crippen LogP contribution in [-0.4, -0.2) is 29.8 Å². The first kappa shape index (κ1) is 20.5. The van der Waals surface area contributed by atoms with Crippen LogP contribution in [0.15, 0.2) is 18.2 Å². The van der Waals surface area contributed by atoms with Gasteiger partial charge in [-0.3, -0.25) is 9.59 Å². The molecule has 132 valence electrons. The number of carbonyl (C=O) groups is 2. The number of rotatable bonds is 5. The van der Waals surface area contributed by atoms with Gasteiger partial charge in [0, 0.05) is 22.2 Å². The van der Waals surface area contributed by atoms with E-state index in [1.54, 1.807) is 0 Å². The Kier molecular flexibility index (Phi) is 7.71. The summed E-state index contributed by atoms with van der Waals surface area (Å²) in [7, 11) is 0. The molecule has 0 atom stereocenters. The van der Waals surface area contributed by atoms with Crippen LogP contribution < -0.4 is 10.6 Å². The maximum absolute atomic E-state index is 11.8. The van der Waals surface area contributed by atoms with Crippen molar-refractivity contribution in [2.24, 2.45) is 0 Å². The van der Waals surface area contributed by atoms with Gasteiger partial charge in [-0.1, -0.05) is 23.2 Å². The van der Waals surface area contributed by atoms with E-state index >= 15 is 0 Å². The third-order valence-corrected chi connectivity index (χ3v) is 2.97. The van der Waals surface area contributed by atoms with Gasteiger partial charge in [-0.25, -0.2) is 0 Å². The fraction of sp³-hybridized carbons (Fsp3) is 0.308. The first-order valence-electron chi connectivity index (χ1n) is 6.34. The van der Waals surface area contributed by atoms with E-state index in [4.69, 9.17) is 35.4 Å². The monoisotopic (exact) mass is 402 g/mol. The number of nitrogens with one attached hydrogen (secondary N) is 2. The summed E-state index contributed by atoms with van der Waals surface area (Å²) in [5.74, 6) is -1.80. The average molecular weight is 403 g/mol. The van der Waals surface area contributed by atoms with E-state index in [0.717, 1.165) is 0 Å². The van der Waals surface area contributed by atoms with Gasteiger partial charge in [-0.05, 0) is 30.4 Å². The molecule has 1 aromatic carbocycles. The van der Waals surface area contributed by atoms with E-state index in [0.29, 0.717) is 15.7 Å². The molecule has 2 N–H and O–H groups in total. The van der Waals surface area contributed by atoms with Crippen LogP contribution in [0.5, 0.6) is 0 Å². The first-order valence-corrected chi connectivity index (χ1v) is 7.51. The van der Waals surface area contributed by atoms with Gasteiger partial charge in [-0.15, -0.1) is 0 Å². The highest BCUT2D eigenvalue weighted by Crippen LogP contribution is 2.22. The molecule has 5 nitrogen and oxygen atoms in total. The third-order valence-electron chi connectivity index (χ3n) is 2.33. The van der Waals surface area contributed by atoms with E-state index in [9.17, 15) is 22.8 Å².